The quantitative estimate of drug-likeness (QED) is 0.518. The highest BCUT2D eigenvalue weighted by Gasteiger charge is 2.21. The van der Waals surface area contributed by atoms with Crippen molar-refractivity contribution in [2.45, 2.75) is 0 Å². The van der Waals surface area contributed by atoms with Gasteiger partial charge in [-0.1, -0.05) is 0 Å². The Morgan fingerprint density at radius 1 is 1.00 bits per heavy atom. The first-order valence-corrected chi connectivity index (χ1v) is 9.71. The number of benzene rings is 1. The highest BCUT2D eigenvalue weighted by molar-refractivity contribution is 5.83. The number of methoxy groups -OCH3 is 1. The first-order chi connectivity index (χ1) is 14.7. The third-order valence-corrected chi connectivity index (χ3v) is 5.16. The van der Waals surface area contributed by atoms with Gasteiger partial charge in [0.1, 0.15) is 11.6 Å². The third-order valence-electron chi connectivity index (χ3n) is 5.16. The predicted molar refractivity (Wildman–Crippen MR) is 112 cm³/mol. The second kappa shape index (κ2) is 7.72. The van der Waals surface area contributed by atoms with Crippen molar-refractivity contribution in [3.05, 3.63) is 60.7 Å². The summed E-state index contributed by atoms with van der Waals surface area (Å²) in [4.78, 5) is 15.9. The summed E-state index contributed by atoms with van der Waals surface area (Å²) in [5, 5.41) is 0. The molecule has 0 radical (unpaired) electrons. The lowest BCUT2D eigenvalue weighted by atomic mass is 10.2. The maximum atomic E-state index is 13.5. The van der Waals surface area contributed by atoms with Crippen LogP contribution < -0.4 is 9.64 Å². The molecule has 4 heterocycles. The molecule has 4 aromatic rings. The summed E-state index contributed by atoms with van der Waals surface area (Å²) >= 11 is 0. The monoisotopic (exact) mass is 405 g/mol. The maximum Gasteiger partial charge on any atom is 0.226 e. The lowest BCUT2D eigenvalue weighted by Crippen LogP contribution is -2.36. The molecule has 152 valence electrons. The van der Waals surface area contributed by atoms with Gasteiger partial charge in [-0.2, -0.15) is 4.98 Å². The maximum absolute atomic E-state index is 13.5. The molecular formula is C22H20FN5O2. The summed E-state index contributed by atoms with van der Waals surface area (Å²) in [6.07, 6.45) is 3.45. The van der Waals surface area contributed by atoms with Crippen molar-refractivity contribution in [3.63, 3.8) is 0 Å². The van der Waals surface area contributed by atoms with Crippen LogP contribution in [0.2, 0.25) is 0 Å². The molecule has 7 nitrogen and oxygen atoms in total. The zero-order valence-electron chi connectivity index (χ0n) is 16.5. The third kappa shape index (κ3) is 3.25. The lowest BCUT2D eigenvalue weighted by Gasteiger charge is -2.28. The van der Waals surface area contributed by atoms with Crippen LogP contribution in [0.15, 0.2) is 54.9 Å². The van der Waals surface area contributed by atoms with Crippen LogP contribution in [0.1, 0.15) is 0 Å². The van der Waals surface area contributed by atoms with Gasteiger partial charge in [0.15, 0.2) is 5.82 Å². The SMILES string of the molecule is COc1nc(N2CCOCC2)ccc1-c1nc2ccncc2n1-c1ccc(F)cc1. The summed E-state index contributed by atoms with van der Waals surface area (Å²) < 4.78 is 26.5. The standard InChI is InChI=1S/C22H20FN5O2/c1-29-22-17(6-7-20(26-22)27-10-12-30-13-11-27)21-25-18-8-9-24-14-19(18)28(21)16-4-2-15(23)3-5-16/h2-9,14H,10-13H2,1H3. The normalized spacial score (nSPS) is 14.3. The Morgan fingerprint density at radius 2 is 1.80 bits per heavy atom. The Balaban J connectivity index is 1.67. The number of rotatable bonds is 4. The first-order valence-electron chi connectivity index (χ1n) is 9.71. The number of ether oxygens (including phenoxy) is 2. The van der Waals surface area contributed by atoms with E-state index in [2.05, 4.69) is 9.88 Å². The van der Waals surface area contributed by atoms with Crippen LogP contribution in [-0.2, 0) is 4.74 Å². The molecule has 0 unspecified atom stereocenters. The van der Waals surface area contributed by atoms with E-state index in [1.165, 1.54) is 12.1 Å². The highest BCUT2D eigenvalue weighted by atomic mass is 19.1. The fourth-order valence-electron chi connectivity index (χ4n) is 3.68. The van der Waals surface area contributed by atoms with E-state index in [1.807, 2.05) is 22.8 Å². The highest BCUT2D eigenvalue weighted by Crippen LogP contribution is 2.34. The van der Waals surface area contributed by atoms with E-state index < -0.39 is 0 Å². The number of nitrogens with zero attached hydrogens (tertiary/aromatic N) is 5. The second-order valence-electron chi connectivity index (χ2n) is 6.94. The van der Waals surface area contributed by atoms with E-state index in [9.17, 15) is 4.39 Å². The molecule has 0 atom stereocenters. The molecule has 1 aromatic carbocycles. The number of fused-ring (bicyclic) bond motifs is 1. The Kier molecular flexibility index (Phi) is 4.76. The Labute approximate surface area is 172 Å². The summed E-state index contributed by atoms with van der Waals surface area (Å²) in [6.45, 7) is 2.93. The minimum absolute atomic E-state index is 0.294. The molecule has 1 fully saturated rings. The van der Waals surface area contributed by atoms with Crippen molar-refractivity contribution in [2.75, 3.05) is 38.3 Å². The van der Waals surface area contributed by atoms with E-state index in [-0.39, 0.29) is 5.82 Å². The van der Waals surface area contributed by atoms with Crippen LogP contribution in [0.4, 0.5) is 10.2 Å². The van der Waals surface area contributed by atoms with Crippen LogP contribution in [0.3, 0.4) is 0 Å². The van der Waals surface area contributed by atoms with Crippen LogP contribution in [0, 0.1) is 5.82 Å². The average molecular weight is 405 g/mol. The fraction of sp³-hybridized carbons (Fsp3) is 0.227. The van der Waals surface area contributed by atoms with Crippen molar-refractivity contribution in [1.29, 1.82) is 0 Å². The summed E-state index contributed by atoms with van der Waals surface area (Å²) in [5.41, 5.74) is 3.12. The van der Waals surface area contributed by atoms with Gasteiger partial charge in [0.2, 0.25) is 5.88 Å². The number of hydrogen-bond acceptors (Lipinski definition) is 6. The zero-order valence-corrected chi connectivity index (χ0v) is 16.5. The van der Waals surface area contributed by atoms with Gasteiger partial charge in [0.05, 0.1) is 43.1 Å². The van der Waals surface area contributed by atoms with Crippen LogP contribution in [0.25, 0.3) is 28.1 Å². The van der Waals surface area contributed by atoms with E-state index in [0.717, 1.165) is 41.2 Å². The lowest BCUT2D eigenvalue weighted by molar-refractivity contribution is 0.122. The number of hydrogen-bond donors (Lipinski definition) is 0. The van der Waals surface area contributed by atoms with Crippen LogP contribution in [0.5, 0.6) is 5.88 Å². The van der Waals surface area contributed by atoms with Gasteiger partial charge in [-0.3, -0.25) is 9.55 Å². The van der Waals surface area contributed by atoms with Gasteiger partial charge < -0.3 is 14.4 Å². The number of anilines is 1. The first kappa shape index (κ1) is 18.5. The number of morpholine rings is 1. The minimum Gasteiger partial charge on any atom is -0.480 e. The fourth-order valence-corrected chi connectivity index (χ4v) is 3.68. The van der Waals surface area contributed by atoms with Gasteiger partial charge in [-0.25, -0.2) is 9.37 Å². The van der Waals surface area contributed by atoms with Crippen molar-refractivity contribution in [2.24, 2.45) is 0 Å². The van der Waals surface area contributed by atoms with Crippen LogP contribution >= 0.6 is 0 Å². The van der Waals surface area contributed by atoms with Gasteiger partial charge in [0, 0.05) is 25.0 Å². The minimum atomic E-state index is -0.294. The van der Waals surface area contributed by atoms with Crippen molar-refractivity contribution >= 4 is 16.9 Å². The molecule has 0 N–H and O–H groups in total. The predicted octanol–water partition coefficient (Wildman–Crippen LogP) is 3.47. The molecule has 3 aromatic heterocycles. The van der Waals surface area contributed by atoms with E-state index in [0.29, 0.717) is 24.9 Å². The molecule has 0 spiro atoms. The summed E-state index contributed by atoms with van der Waals surface area (Å²) in [6, 6.07) is 12.1. The van der Waals surface area contributed by atoms with Crippen molar-refractivity contribution < 1.29 is 13.9 Å². The second-order valence-corrected chi connectivity index (χ2v) is 6.94. The molecule has 0 bridgehead atoms. The molecule has 8 heteroatoms. The van der Waals surface area contributed by atoms with E-state index in [1.54, 1.807) is 31.6 Å². The number of halogens is 1. The Morgan fingerprint density at radius 3 is 2.57 bits per heavy atom. The van der Waals surface area contributed by atoms with Crippen LogP contribution in [-0.4, -0.2) is 52.9 Å². The molecule has 30 heavy (non-hydrogen) atoms. The van der Waals surface area contributed by atoms with Gasteiger partial charge in [-0.05, 0) is 42.5 Å². The van der Waals surface area contributed by atoms with Gasteiger partial charge >= 0.3 is 0 Å². The summed E-state index contributed by atoms with van der Waals surface area (Å²) in [5.74, 6) is 1.68. The smallest absolute Gasteiger partial charge is 0.226 e. The molecule has 0 amide bonds. The molecule has 5 rings (SSSR count). The zero-order chi connectivity index (χ0) is 20.5. The Hall–Kier alpha value is -3.52. The van der Waals surface area contributed by atoms with Gasteiger partial charge in [-0.15, -0.1) is 0 Å². The molecule has 0 aliphatic carbocycles. The van der Waals surface area contributed by atoms with E-state index in [4.69, 9.17) is 19.4 Å². The molecule has 1 aliphatic rings. The van der Waals surface area contributed by atoms with Crippen molar-refractivity contribution in [1.82, 2.24) is 19.5 Å². The largest absolute Gasteiger partial charge is 0.480 e. The van der Waals surface area contributed by atoms with E-state index >= 15 is 0 Å². The molecular weight excluding hydrogens is 385 g/mol. The number of aromatic nitrogens is 4. The topological polar surface area (TPSA) is 65.3 Å². The number of pyridine rings is 2. The number of imidazole rings is 1. The molecule has 1 saturated heterocycles. The summed E-state index contributed by atoms with van der Waals surface area (Å²) in [7, 11) is 1.60. The Bertz CT molecular complexity index is 1190. The molecule has 0 saturated carbocycles. The average Bonchev–Trinajstić information content (AvgIpc) is 3.19. The molecule has 1 aliphatic heterocycles. The van der Waals surface area contributed by atoms with Crippen molar-refractivity contribution in [3.8, 4) is 23.0 Å². The van der Waals surface area contributed by atoms with Gasteiger partial charge in [0.25, 0.3) is 0 Å².